The van der Waals surface area contributed by atoms with Gasteiger partial charge in [-0.25, -0.2) is 22.8 Å². The summed E-state index contributed by atoms with van der Waals surface area (Å²) in [5.74, 6) is -8.77. The molecular weight excluding hydrogens is 639 g/mol. The van der Waals surface area contributed by atoms with Gasteiger partial charge in [-0.2, -0.15) is 0 Å². The quantitative estimate of drug-likeness (QED) is 0.0613. The van der Waals surface area contributed by atoms with Gasteiger partial charge in [-0.15, -0.1) is 0 Å². The number of rotatable bonds is 25. The fourth-order valence-electron chi connectivity index (χ4n) is 5.67. The summed E-state index contributed by atoms with van der Waals surface area (Å²) in [4.78, 5) is 37.9. The molecule has 0 fully saturated rings. The molecule has 0 aliphatic heterocycles. The highest BCUT2D eigenvalue weighted by Crippen LogP contribution is 2.29. The van der Waals surface area contributed by atoms with Crippen molar-refractivity contribution in [3.8, 4) is 11.1 Å². The van der Waals surface area contributed by atoms with Crippen molar-refractivity contribution < 1.29 is 47.6 Å². The molecule has 0 aliphatic rings. The van der Waals surface area contributed by atoms with E-state index in [1.54, 1.807) is 48.5 Å². The average Bonchev–Trinajstić information content (AvgIpc) is 3.06. The fourth-order valence-corrected chi connectivity index (χ4v) is 5.67. The number of ether oxygens (including phenoxy) is 1. The number of methoxy groups -OCH3 is 1. The Morgan fingerprint density at radius 1 is 0.878 bits per heavy atom. The highest BCUT2D eigenvalue weighted by atomic mass is 19.3. The van der Waals surface area contributed by atoms with E-state index in [9.17, 15) is 42.9 Å². The summed E-state index contributed by atoms with van der Waals surface area (Å²) < 4.78 is 47.5. The Balaban J connectivity index is 2.03. The molecular formula is C38H52F3NO7. The second-order valence-corrected chi connectivity index (χ2v) is 12.6. The van der Waals surface area contributed by atoms with Crippen molar-refractivity contribution in [1.29, 1.82) is 0 Å². The molecule has 4 N–H and O–H groups in total. The first kappa shape index (κ1) is 41.5. The number of allylic oxidation sites excluding steroid dienone is 1. The van der Waals surface area contributed by atoms with Gasteiger partial charge in [-0.3, -0.25) is 4.79 Å². The molecule has 49 heavy (non-hydrogen) atoms. The van der Waals surface area contributed by atoms with Crippen LogP contribution in [0.1, 0.15) is 96.0 Å². The molecule has 11 heteroatoms. The third kappa shape index (κ3) is 14.4. The molecule has 0 saturated carbocycles. The molecule has 0 spiro atoms. The summed E-state index contributed by atoms with van der Waals surface area (Å²) in [6.07, 6.45) is 9.03. The van der Waals surface area contributed by atoms with Gasteiger partial charge in [0.25, 0.3) is 0 Å². The van der Waals surface area contributed by atoms with Gasteiger partial charge in [-0.1, -0.05) is 100 Å². The molecule has 0 aliphatic carbocycles. The maximum atomic E-state index is 14.2. The number of hydrogen-bond donors (Lipinski definition) is 4. The van der Waals surface area contributed by atoms with Crippen LogP contribution in [-0.4, -0.2) is 64.4 Å². The Labute approximate surface area is 287 Å². The average molecular weight is 692 g/mol. The van der Waals surface area contributed by atoms with Gasteiger partial charge in [0.2, 0.25) is 11.8 Å². The lowest BCUT2D eigenvalue weighted by Gasteiger charge is -2.30. The van der Waals surface area contributed by atoms with E-state index in [4.69, 9.17) is 4.74 Å². The number of carboxylic acids is 2. The molecule has 0 radical (unpaired) electrons. The van der Waals surface area contributed by atoms with Crippen molar-refractivity contribution in [3.05, 3.63) is 72.1 Å². The Hall–Kier alpha value is -3.70. The predicted molar refractivity (Wildman–Crippen MR) is 183 cm³/mol. The minimum atomic E-state index is -2.67. The minimum absolute atomic E-state index is 0.0943. The summed E-state index contributed by atoms with van der Waals surface area (Å²) in [6, 6.07) is 11.2. The van der Waals surface area contributed by atoms with Crippen LogP contribution in [0, 0.1) is 11.7 Å². The first-order valence-corrected chi connectivity index (χ1v) is 17.2. The minimum Gasteiger partial charge on any atom is -0.480 e. The Morgan fingerprint density at radius 3 is 2.06 bits per heavy atom. The van der Waals surface area contributed by atoms with E-state index >= 15 is 0 Å². The number of aliphatic hydroxyl groups is 1. The number of carboxylic acid groups (broad SMARTS) is 2. The van der Waals surface area contributed by atoms with Crippen LogP contribution in [0.4, 0.5) is 13.2 Å². The Kier molecular flexibility index (Phi) is 18.1. The Bertz CT molecular complexity index is 1330. The largest absolute Gasteiger partial charge is 0.480 e. The van der Waals surface area contributed by atoms with E-state index in [-0.39, 0.29) is 25.9 Å². The third-order valence-electron chi connectivity index (χ3n) is 8.69. The van der Waals surface area contributed by atoms with Gasteiger partial charge in [-0.05, 0) is 42.9 Å². The number of carbonyl (C=O) groups excluding carboxylic acids is 1. The van der Waals surface area contributed by atoms with Gasteiger partial charge in [0.05, 0.1) is 5.92 Å². The van der Waals surface area contributed by atoms with E-state index in [1.165, 1.54) is 19.3 Å². The Morgan fingerprint density at radius 2 is 1.49 bits per heavy atom. The number of amides is 1. The lowest BCUT2D eigenvalue weighted by atomic mass is 9.83. The smallest absolute Gasteiger partial charge is 0.336 e. The van der Waals surface area contributed by atoms with Crippen molar-refractivity contribution in [1.82, 2.24) is 5.32 Å². The summed E-state index contributed by atoms with van der Waals surface area (Å²) in [5, 5.41) is 33.4. The zero-order valence-electron chi connectivity index (χ0n) is 28.6. The molecule has 0 heterocycles. The van der Waals surface area contributed by atoms with Crippen LogP contribution in [0.25, 0.3) is 11.1 Å². The van der Waals surface area contributed by atoms with Gasteiger partial charge >= 0.3 is 11.9 Å². The van der Waals surface area contributed by atoms with Crippen LogP contribution in [0.3, 0.4) is 0 Å². The molecule has 1 amide bonds. The molecule has 3 atom stereocenters. The molecule has 0 saturated heterocycles. The number of benzene rings is 2. The van der Waals surface area contributed by atoms with E-state index in [2.05, 4.69) is 12.2 Å². The maximum Gasteiger partial charge on any atom is 0.336 e. The van der Waals surface area contributed by atoms with Crippen molar-refractivity contribution in [2.45, 2.75) is 114 Å². The van der Waals surface area contributed by atoms with Crippen LogP contribution in [-0.2, 0) is 25.5 Å². The van der Waals surface area contributed by atoms with Crippen molar-refractivity contribution in [3.63, 3.8) is 0 Å². The lowest BCUT2D eigenvalue weighted by molar-refractivity contribution is -0.168. The number of carbonyl (C=O) groups is 3. The number of halogens is 3. The topological polar surface area (TPSA) is 133 Å². The van der Waals surface area contributed by atoms with Gasteiger partial charge in [0, 0.05) is 45.0 Å². The summed E-state index contributed by atoms with van der Waals surface area (Å²) in [6.45, 7) is 1.90. The molecule has 0 aromatic heterocycles. The molecule has 2 rings (SSSR count). The van der Waals surface area contributed by atoms with Crippen LogP contribution in [0.5, 0.6) is 0 Å². The highest BCUT2D eigenvalue weighted by molar-refractivity contribution is 5.92. The number of nitrogens with one attached hydrogen (secondary N) is 1. The first-order valence-electron chi connectivity index (χ1n) is 17.2. The van der Waals surface area contributed by atoms with Crippen LogP contribution in [0.2, 0.25) is 0 Å². The number of aliphatic carboxylic acids is 2. The van der Waals surface area contributed by atoms with Gasteiger partial charge < -0.3 is 25.4 Å². The lowest BCUT2D eigenvalue weighted by Crippen LogP contribution is -2.55. The second kappa shape index (κ2) is 21.4. The van der Waals surface area contributed by atoms with E-state index < -0.39 is 53.6 Å². The predicted octanol–water partition coefficient (Wildman–Crippen LogP) is 7.97. The number of hydrogen-bond acceptors (Lipinski definition) is 5. The summed E-state index contributed by atoms with van der Waals surface area (Å²) in [5.41, 5.74) is -1.11. The molecule has 8 nitrogen and oxygen atoms in total. The molecule has 2 aromatic rings. The monoisotopic (exact) mass is 691 g/mol. The van der Waals surface area contributed by atoms with Crippen molar-refractivity contribution in [2.75, 3.05) is 13.7 Å². The second-order valence-electron chi connectivity index (χ2n) is 12.6. The molecule has 2 aromatic carbocycles. The number of unbranched alkanes of at least 4 members (excludes halogenated alkanes) is 8. The van der Waals surface area contributed by atoms with Crippen LogP contribution in [0.15, 0.2) is 60.7 Å². The maximum absolute atomic E-state index is 14.2. The van der Waals surface area contributed by atoms with Crippen molar-refractivity contribution in [2.24, 2.45) is 5.92 Å². The van der Waals surface area contributed by atoms with Crippen LogP contribution >= 0.6 is 0 Å². The highest BCUT2D eigenvalue weighted by Gasteiger charge is 2.47. The van der Waals surface area contributed by atoms with E-state index in [1.807, 2.05) is 0 Å². The summed E-state index contributed by atoms with van der Waals surface area (Å²) in [7, 11) is 1.31. The normalized spacial score (nSPS) is 14.3. The van der Waals surface area contributed by atoms with E-state index in [0.717, 1.165) is 25.7 Å². The standard InChI is InChI=1S/C38H52F3NO7/c1-3-4-5-9-14-23-37(40,41)24-15-10-7-6-8-11-17-31(38(48,36(46)47)25-26-49-2)34(43)42-33(35(44)45)27-28-19-21-29(22-20-28)30-16-12-13-18-32(30)39/h11-13,16-22,31,33,48H,3-10,14-15,23-27H2,1-2H3,(H,42,43)(H,44,45)(H,46,47)/b17-11+/t31-,33+,38+/m1/s1. The molecule has 0 bridgehead atoms. The van der Waals surface area contributed by atoms with E-state index in [0.29, 0.717) is 55.2 Å². The van der Waals surface area contributed by atoms with Crippen molar-refractivity contribution >= 4 is 17.8 Å². The zero-order chi connectivity index (χ0) is 36.3. The molecule has 272 valence electrons. The number of alkyl halides is 2. The fraction of sp³-hybridized carbons (Fsp3) is 0.553. The van der Waals surface area contributed by atoms with Gasteiger partial charge in [0.15, 0.2) is 5.60 Å². The first-order chi connectivity index (χ1) is 23.3. The SMILES string of the molecule is CCCCCCCC(F)(F)CCCCCC/C=C/[C@H](C(=O)N[C@@H](Cc1ccc(-c2ccccc2F)cc1)C(=O)O)[C@@](O)(CCOC)C(=O)O. The zero-order valence-corrected chi connectivity index (χ0v) is 28.6. The molecule has 0 unspecified atom stereocenters. The third-order valence-corrected chi connectivity index (χ3v) is 8.69. The van der Waals surface area contributed by atoms with Crippen LogP contribution < -0.4 is 5.32 Å². The van der Waals surface area contributed by atoms with Gasteiger partial charge in [0.1, 0.15) is 11.9 Å². The summed E-state index contributed by atoms with van der Waals surface area (Å²) >= 11 is 0.